The van der Waals surface area contributed by atoms with Gasteiger partial charge < -0.3 is 4.74 Å². The SMILES string of the molecule is CCOC(=O)/C=C(\c1ccccc1)c1ccc2n[nH]c(Cl)c2c1. The van der Waals surface area contributed by atoms with Gasteiger partial charge in [-0.25, -0.2) is 4.79 Å². The topological polar surface area (TPSA) is 55.0 Å². The third kappa shape index (κ3) is 3.27. The van der Waals surface area contributed by atoms with Gasteiger partial charge in [-0.2, -0.15) is 5.10 Å². The van der Waals surface area contributed by atoms with Crippen LogP contribution >= 0.6 is 11.6 Å². The van der Waals surface area contributed by atoms with Crippen molar-refractivity contribution in [3.63, 3.8) is 0 Å². The molecule has 5 heteroatoms. The number of fused-ring (bicyclic) bond motifs is 1. The second-order valence-corrected chi connectivity index (χ2v) is 5.32. The number of halogens is 1. The van der Waals surface area contributed by atoms with Gasteiger partial charge in [0, 0.05) is 11.5 Å². The van der Waals surface area contributed by atoms with Gasteiger partial charge in [0.2, 0.25) is 0 Å². The zero-order valence-electron chi connectivity index (χ0n) is 12.5. The van der Waals surface area contributed by atoms with E-state index in [0.29, 0.717) is 11.8 Å². The number of aromatic nitrogens is 2. The minimum Gasteiger partial charge on any atom is -0.463 e. The Morgan fingerprint density at radius 2 is 2.00 bits per heavy atom. The quantitative estimate of drug-likeness (QED) is 0.577. The van der Waals surface area contributed by atoms with Crippen molar-refractivity contribution in [1.82, 2.24) is 10.2 Å². The van der Waals surface area contributed by atoms with Crippen LogP contribution in [0.5, 0.6) is 0 Å². The number of carbonyl (C=O) groups is 1. The molecule has 0 unspecified atom stereocenters. The Labute approximate surface area is 138 Å². The molecule has 1 aromatic heterocycles. The summed E-state index contributed by atoms with van der Waals surface area (Å²) in [7, 11) is 0. The molecule has 4 nitrogen and oxygen atoms in total. The van der Waals surface area contributed by atoms with Gasteiger partial charge in [-0.15, -0.1) is 0 Å². The second-order valence-electron chi connectivity index (χ2n) is 4.95. The zero-order valence-corrected chi connectivity index (χ0v) is 13.3. The molecule has 0 fully saturated rings. The van der Waals surface area contributed by atoms with Gasteiger partial charge in [0.25, 0.3) is 0 Å². The largest absolute Gasteiger partial charge is 0.463 e. The molecule has 0 aliphatic carbocycles. The molecular formula is C18H15ClN2O2. The van der Waals surface area contributed by atoms with E-state index in [1.165, 1.54) is 6.08 Å². The third-order valence-electron chi connectivity index (χ3n) is 3.45. The number of nitrogens with zero attached hydrogens (tertiary/aromatic N) is 1. The van der Waals surface area contributed by atoms with Gasteiger partial charge >= 0.3 is 5.97 Å². The lowest BCUT2D eigenvalue weighted by Gasteiger charge is -2.09. The number of ether oxygens (including phenoxy) is 1. The molecule has 3 aromatic rings. The predicted molar refractivity (Wildman–Crippen MR) is 91.3 cm³/mol. The molecule has 0 spiro atoms. The van der Waals surface area contributed by atoms with Crippen molar-refractivity contribution in [2.45, 2.75) is 6.92 Å². The van der Waals surface area contributed by atoms with Gasteiger partial charge in [0.15, 0.2) is 0 Å². The average Bonchev–Trinajstić information content (AvgIpc) is 2.94. The molecule has 1 N–H and O–H groups in total. The first-order valence-electron chi connectivity index (χ1n) is 7.27. The highest BCUT2D eigenvalue weighted by molar-refractivity contribution is 6.34. The molecule has 1 heterocycles. The number of rotatable bonds is 4. The summed E-state index contributed by atoms with van der Waals surface area (Å²) in [6.45, 7) is 2.12. The lowest BCUT2D eigenvalue weighted by molar-refractivity contribution is -0.137. The molecule has 0 saturated heterocycles. The van der Waals surface area contributed by atoms with E-state index in [4.69, 9.17) is 16.3 Å². The van der Waals surface area contributed by atoms with Crippen LogP contribution < -0.4 is 0 Å². The van der Waals surface area contributed by atoms with E-state index in [2.05, 4.69) is 10.2 Å². The first-order valence-corrected chi connectivity index (χ1v) is 7.64. The van der Waals surface area contributed by atoms with Crippen molar-refractivity contribution in [3.8, 4) is 0 Å². The Bertz CT molecular complexity index is 869. The number of aromatic amines is 1. The fourth-order valence-electron chi connectivity index (χ4n) is 2.40. The molecule has 0 atom stereocenters. The molecule has 116 valence electrons. The molecule has 0 aliphatic rings. The van der Waals surface area contributed by atoms with E-state index < -0.39 is 0 Å². The lowest BCUT2D eigenvalue weighted by atomic mass is 9.96. The van der Waals surface area contributed by atoms with Crippen LogP contribution in [0.25, 0.3) is 16.5 Å². The predicted octanol–water partition coefficient (Wildman–Crippen LogP) is 4.21. The van der Waals surface area contributed by atoms with Crippen LogP contribution in [0.4, 0.5) is 0 Å². The van der Waals surface area contributed by atoms with Crippen LogP contribution in [0.1, 0.15) is 18.1 Å². The summed E-state index contributed by atoms with van der Waals surface area (Å²) in [5.74, 6) is -0.371. The number of H-pyrrole nitrogens is 1. The van der Waals surface area contributed by atoms with Gasteiger partial charge in [-0.3, -0.25) is 5.10 Å². The summed E-state index contributed by atoms with van der Waals surface area (Å²) < 4.78 is 5.05. The maximum atomic E-state index is 11.9. The van der Waals surface area contributed by atoms with Crippen LogP contribution in [0.15, 0.2) is 54.6 Å². The summed E-state index contributed by atoms with van der Waals surface area (Å²) in [5.41, 5.74) is 3.37. The van der Waals surface area contributed by atoms with Crippen molar-refractivity contribution >= 4 is 34.0 Å². The van der Waals surface area contributed by atoms with E-state index in [-0.39, 0.29) is 5.97 Å². The van der Waals surface area contributed by atoms with Crippen LogP contribution in [-0.2, 0) is 9.53 Å². The maximum absolute atomic E-state index is 11.9. The first-order chi connectivity index (χ1) is 11.2. The fraction of sp³-hybridized carbons (Fsp3) is 0.111. The molecule has 0 amide bonds. The Balaban J connectivity index is 2.13. The highest BCUT2D eigenvalue weighted by Gasteiger charge is 2.11. The Hall–Kier alpha value is -2.59. The fourth-order valence-corrected chi connectivity index (χ4v) is 2.59. The summed E-state index contributed by atoms with van der Waals surface area (Å²) in [4.78, 5) is 11.9. The molecule has 23 heavy (non-hydrogen) atoms. The van der Waals surface area contributed by atoms with E-state index in [1.54, 1.807) is 6.92 Å². The number of benzene rings is 2. The van der Waals surface area contributed by atoms with Crippen molar-refractivity contribution in [2.24, 2.45) is 0 Å². The normalized spacial score (nSPS) is 11.7. The molecule has 0 saturated carbocycles. The van der Waals surface area contributed by atoms with Crippen molar-refractivity contribution in [2.75, 3.05) is 6.61 Å². The van der Waals surface area contributed by atoms with Crippen LogP contribution in [0.3, 0.4) is 0 Å². The van der Waals surface area contributed by atoms with E-state index >= 15 is 0 Å². The summed E-state index contributed by atoms with van der Waals surface area (Å²) in [5, 5.41) is 8.15. The smallest absolute Gasteiger partial charge is 0.331 e. The van der Waals surface area contributed by atoms with Crippen LogP contribution in [0.2, 0.25) is 5.15 Å². The zero-order chi connectivity index (χ0) is 16.2. The number of carbonyl (C=O) groups excluding carboxylic acids is 1. The molecule has 0 bridgehead atoms. The van der Waals surface area contributed by atoms with Gasteiger partial charge in [-0.05, 0) is 35.8 Å². The van der Waals surface area contributed by atoms with Crippen molar-refractivity contribution < 1.29 is 9.53 Å². The number of esters is 1. The van der Waals surface area contributed by atoms with Crippen molar-refractivity contribution in [1.29, 1.82) is 0 Å². The van der Waals surface area contributed by atoms with Crippen LogP contribution in [0, 0.1) is 0 Å². The lowest BCUT2D eigenvalue weighted by Crippen LogP contribution is -2.01. The van der Waals surface area contributed by atoms with Gasteiger partial charge in [0.05, 0.1) is 12.1 Å². The number of hydrogen-bond acceptors (Lipinski definition) is 3. The van der Waals surface area contributed by atoms with E-state index in [9.17, 15) is 4.79 Å². The van der Waals surface area contributed by atoms with Crippen LogP contribution in [-0.4, -0.2) is 22.8 Å². The monoisotopic (exact) mass is 326 g/mol. The van der Waals surface area contributed by atoms with E-state index in [1.807, 2.05) is 48.5 Å². The minimum absolute atomic E-state index is 0.337. The average molecular weight is 327 g/mol. The Kier molecular flexibility index (Phi) is 4.44. The molecule has 2 aromatic carbocycles. The Morgan fingerprint density at radius 3 is 2.74 bits per heavy atom. The maximum Gasteiger partial charge on any atom is 0.331 e. The van der Waals surface area contributed by atoms with Gasteiger partial charge in [0.1, 0.15) is 5.15 Å². The van der Waals surface area contributed by atoms with Gasteiger partial charge in [-0.1, -0.05) is 48.0 Å². The summed E-state index contributed by atoms with van der Waals surface area (Å²) in [6.07, 6.45) is 1.51. The highest BCUT2D eigenvalue weighted by Crippen LogP contribution is 2.28. The first kappa shape index (κ1) is 15.3. The standard InChI is InChI=1S/C18H15ClN2O2/c1-2-23-17(22)11-14(12-6-4-3-5-7-12)13-8-9-16-15(10-13)18(19)21-20-16/h3-11H,2H2,1H3,(H,20,21)/b14-11+. The Morgan fingerprint density at radius 1 is 1.22 bits per heavy atom. The number of hydrogen-bond donors (Lipinski definition) is 1. The summed E-state index contributed by atoms with van der Waals surface area (Å²) >= 11 is 6.12. The second kappa shape index (κ2) is 6.67. The highest BCUT2D eigenvalue weighted by atomic mass is 35.5. The molecule has 3 rings (SSSR count). The molecule has 0 aliphatic heterocycles. The third-order valence-corrected chi connectivity index (χ3v) is 3.74. The minimum atomic E-state index is -0.371. The molecule has 0 radical (unpaired) electrons. The molecular weight excluding hydrogens is 312 g/mol. The number of nitrogens with one attached hydrogen (secondary N) is 1. The summed E-state index contributed by atoms with van der Waals surface area (Å²) in [6, 6.07) is 15.4. The van der Waals surface area contributed by atoms with Crippen molar-refractivity contribution in [3.05, 3.63) is 70.9 Å². The van der Waals surface area contributed by atoms with E-state index in [0.717, 1.165) is 27.6 Å².